The smallest absolute Gasteiger partial charge is 0.227 e. The molecule has 0 saturated carbocycles. The van der Waals surface area contributed by atoms with Crippen LogP contribution in [-0.2, 0) is 10.2 Å². The van der Waals surface area contributed by atoms with E-state index in [1.165, 1.54) is 11.1 Å². The highest BCUT2D eigenvalue weighted by molar-refractivity contribution is 7.80. The second kappa shape index (κ2) is 8.31. The van der Waals surface area contributed by atoms with Crippen molar-refractivity contribution in [2.45, 2.75) is 52.0 Å². The summed E-state index contributed by atoms with van der Waals surface area (Å²) in [6.45, 7) is 9.55. The summed E-state index contributed by atoms with van der Waals surface area (Å²) in [6, 6.07) is 16.6. The quantitative estimate of drug-likeness (QED) is 0.702. The van der Waals surface area contributed by atoms with Gasteiger partial charge in [0.05, 0.1) is 6.04 Å². The summed E-state index contributed by atoms with van der Waals surface area (Å²) in [6.07, 6.45) is 1.57. The molecule has 1 aliphatic rings. The lowest BCUT2D eigenvalue weighted by atomic mass is 9.86. The molecule has 0 aliphatic carbocycles. The van der Waals surface area contributed by atoms with Crippen molar-refractivity contribution in [2.75, 3.05) is 16.8 Å². The predicted octanol–water partition coefficient (Wildman–Crippen LogP) is 5.16. The van der Waals surface area contributed by atoms with Gasteiger partial charge in [0.1, 0.15) is 0 Å². The Hall–Kier alpha value is -2.40. The van der Waals surface area contributed by atoms with Crippen molar-refractivity contribution in [3.63, 3.8) is 0 Å². The molecule has 4 nitrogen and oxygen atoms in total. The summed E-state index contributed by atoms with van der Waals surface area (Å²) in [5.74, 6) is 0.198. The molecule has 2 aromatic carbocycles. The lowest BCUT2D eigenvalue weighted by Gasteiger charge is -2.21. The molecule has 1 heterocycles. The molecule has 2 aromatic rings. The van der Waals surface area contributed by atoms with E-state index in [9.17, 15) is 4.79 Å². The highest BCUT2D eigenvalue weighted by Crippen LogP contribution is 2.25. The van der Waals surface area contributed by atoms with Gasteiger partial charge in [-0.05, 0) is 66.4 Å². The van der Waals surface area contributed by atoms with Crippen LogP contribution in [0.3, 0.4) is 0 Å². The van der Waals surface area contributed by atoms with Crippen LogP contribution in [0.15, 0.2) is 48.5 Å². The molecule has 0 unspecified atom stereocenters. The Morgan fingerprint density at radius 2 is 1.71 bits per heavy atom. The van der Waals surface area contributed by atoms with Crippen molar-refractivity contribution in [1.82, 2.24) is 5.32 Å². The number of nitrogens with zero attached hydrogens (tertiary/aromatic N) is 1. The molecular weight excluding hydrogens is 366 g/mol. The Morgan fingerprint density at radius 1 is 1.07 bits per heavy atom. The maximum atomic E-state index is 11.8. The molecule has 1 atom stereocenters. The van der Waals surface area contributed by atoms with Gasteiger partial charge in [0, 0.05) is 24.3 Å². The highest BCUT2D eigenvalue weighted by atomic mass is 32.1. The van der Waals surface area contributed by atoms with Gasteiger partial charge in [0.15, 0.2) is 5.11 Å². The van der Waals surface area contributed by atoms with Crippen LogP contribution in [0.5, 0.6) is 0 Å². The molecule has 1 amide bonds. The van der Waals surface area contributed by atoms with Gasteiger partial charge in [-0.1, -0.05) is 45.0 Å². The van der Waals surface area contributed by atoms with E-state index in [-0.39, 0.29) is 17.4 Å². The summed E-state index contributed by atoms with van der Waals surface area (Å²) >= 11 is 5.47. The summed E-state index contributed by atoms with van der Waals surface area (Å²) in [7, 11) is 0. The van der Waals surface area contributed by atoms with E-state index in [1.807, 2.05) is 29.2 Å². The van der Waals surface area contributed by atoms with E-state index in [4.69, 9.17) is 12.2 Å². The van der Waals surface area contributed by atoms with Gasteiger partial charge in [-0.2, -0.15) is 0 Å². The first-order valence-corrected chi connectivity index (χ1v) is 10.2. The van der Waals surface area contributed by atoms with Gasteiger partial charge in [-0.25, -0.2) is 0 Å². The Labute approximate surface area is 173 Å². The molecule has 1 saturated heterocycles. The lowest BCUT2D eigenvalue weighted by molar-refractivity contribution is -0.117. The van der Waals surface area contributed by atoms with E-state index in [1.54, 1.807) is 0 Å². The standard InChI is InChI=1S/C23H29N3OS/c1-16(17-7-9-18(10-8-17)23(2,3)4)24-22(28)25-19-11-13-20(14-12-19)26-15-5-6-21(26)27/h7-14,16H,5-6,15H2,1-4H3,(H2,24,25,28)/t16-/m1/s1. The fourth-order valence-electron chi connectivity index (χ4n) is 3.36. The first-order chi connectivity index (χ1) is 13.2. The monoisotopic (exact) mass is 395 g/mol. The fraction of sp³-hybridized carbons (Fsp3) is 0.391. The summed E-state index contributed by atoms with van der Waals surface area (Å²) < 4.78 is 0. The molecule has 2 N–H and O–H groups in total. The number of hydrogen-bond acceptors (Lipinski definition) is 2. The number of carbonyl (C=O) groups excluding carboxylic acids is 1. The first-order valence-electron chi connectivity index (χ1n) is 9.82. The molecule has 28 heavy (non-hydrogen) atoms. The molecule has 0 bridgehead atoms. The second-order valence-electron chi connectivity index (χ2n) is 8.39. The van der Waals surface area contributed by atoms with Crippen molar-refractivity contribution in [2.24, 2.45) is 0 Å². The summed E-state index contributed by atoms with van der Waals surface area (Å²) in [5, 5.41) is 7.14. The van der Waals surface area contributed by atoms with Crippen molar-refractivity contribution in [3.8, 4) is 0 Å². The third-order valence-corrected chi connectivity index (χ3v) is 5.35. The van der Waals surface area contributed by atoms with Gasteiger partial charge in [0.2, 0.25) is 5.91 Å². The van der Waals surface area contributed by atoms with Crippen LogP contribution in [0.2, 0.25) is 0 Å². The van der Waals surface area contributed by atoms with E-state index in [0.717, 1.165) is 24.3 Å². The minimum Gasteiger partial charge on any atom is -0.356 e. The molecule has 1 fully saturated rings. The first kappa shape index (κ1) is 20.3. The number of rotatable bonds is 4. The largest absolute Gasteiger partial charge is 0.356 e. The Balaban J connectivity index is 1.57. The molecule has 148 valence electrons. The topological polar surface area (TPSA) is 44.4 Å². The molecule has 0 spiro atoms. The Morgan fingerprint density at radius 3 is 2.25 bits per heavy atom. The number of thiocarbonyl (C=S) groups is 1. The average molecular weight is 396 g/mol. The fourth-order valence-corrected chi connectivity index (χ4v) is 3.66. The van der Waals surface area contributed by atoms with Gasteiger partial charge in [-0.15, -0.1) is 0 Å². The van der Waals surface area contributed by atoms with Crippen LogP contribution >= 0.6 is 12.2 Å². The number of anilines is 2. The van der Waals surface area contributed by atoms with Crippen LogP contribution in [0, 0.1) is 0 Å². The van der Waals surface area contributed by atoms with E-state index >= 15 is 0 Å². The number of hydrogen-bond donors (Lipinski definition) is 2. The Kier molecular flexibility index (Phi) is 6.04. The van der Waals surface area contributed by atoms with E-state index in [0.29, 0.717) is 11.5 Å². The number of benzene rings is 2. The number of nitrogens with one attached hydrogen (secondary N) is 2. The van der Waals surface area contributed by atoms with E-state index in [2.05, 4.69) is 62.6 Å². The maximum Gasteiger partial charge on any atom is 0.227 e. The molecule has 5 heteroatoms. The summed E-state index contributed by atoms with van der Waals surface area (Å²) in [4.78, 5) is 13.7. The van der Waals surface area contributed by atoms with Crippen LogP contribution in [0.4, 0.5) is 11.4 Å². The van der Waals surface area contributed by atoms with Gasteiger partial charge >= 0.3 is 0 Å². The molecule has 1 aliphatic heterocycles. The SMILES string of the molecule is C[C@@H](NC(=S)Nc1ccc(N2CCCC2=O)cc1)c1ccc(C(C)(C)C)cc1. The van der Waals surface area contributed by atoms with E-state index < -0.39 is 0 Å². The van der Waals surface area contributed by atoms with Crippen LogP contribution in [0.25, 0.3) is 0 Å². The van der Waals surface area contributed by atoms with Crippen molar-refractivity contribution >= 4 is 34.6 Å². The normalized spacial score (nSPS) is 15.4. The Bertz CT molecular complexity index is 838. The van der Waals surface area contributed by atoms with Gasteiger partial charge in [0.25, 0.3) is 0 Å². The maximum absolute atomic E-state index is 11.8. The molecule has 0 aromatic heterocycles. The van der Waals surface area contributed by atoms with Gasteiger partial charge < -0.3 is 15.5 Å². The minimum atomic E-state index is 0.107. The zero-order valence-electron chi connectivity index (χ0n) is 17.1. The average Bonchev–Trinajstić information content (AvgIpc) is 3.07. The molecule has 0 radical (unpaired) electrons. The summed E-state index contributed by atoms with van der Waals surface area (Å²) in [5.41, 5.74) is 4.51. The number of amides is 1. The van der Waals surface area contributed by atoms with Crippen LogP contribution < -0.4 is 15.5 Å². The van der Waals surface area contributed by atoms with Crippen LogP contribution in [0.1, 0.15) is 57.7 Å². The minimum absolute atomic E-state index is 0.107. The number of carbonyl (C=O) groups is 1. The predicted molar refractivity (Wildman–Crippen MR) is 121 cm³/mol. The third-order valence-electron chi connectivity index (χ3n) is 5.13. The van der Waals surface area contributed by atoms with Crippen molar-refractivity contribution in [1.29, 1.82) is 0 Å². The van der Waals surface area contributed by atoms with Gasteiger partial charge in [-0.3, -0.25) is 4.79 Å². The van der Waals surface area contributed by atoms with Crippen molar-refractivity contribution < 1.29 is 4.79 Å². The van der Waals surface area contributed by atoms with Crippen molar-refractivity contribution in [3.05, 3.63) is 59.7 Å². The third kappa shape index (κ3) is 4.90. The second-order valence-corrected chi connectivity index (χ2v) is 8.80. The molecule has 3 rings (SSSR count). The zero-order chi connectivity index (χ0) is 20.3. The lowest BCUT2D eigenvalue weighted by Crippen LogP contribution is -2.31. The van der Waals surface area contributed by atoms with Crippen LogP contribution in [-0.4, -0.2) is 17.6 Å². The molecular formula is C23H29N3OS. The zero-order valence-corrected chi connectivity index (χ0v) is 17.9. The highest BCUT2D eigenvalue weighted by Gasteiger charge is 2.21.